The van der Waals surface area contributed by atoms with Crippen molar-refractivity contribution >= 4 is 21.7 Å². The van der Waals surface area contributed by atoms with E-state index < -0.39 is 22.2 Å². The first-order valence-corrected chi connectivity index (χ1v) is 11.9. The number of esters is 1. The molecule has 3 aromatic carbocycles. The molecule has 1 fully saturated rings. The highest BCUT2D eigenvalue weighted by Gasteiger charge is 2.51. The van der Waals surface area contributed by atoms with E-state index in [4.69, 9.17) is 9.47 Å². The minimum absolute atomic E-state index is 0.0725. The maximum Gasteiger partial charge on any atom is 0.337 e. The van der Waals surface area contributed by atoms with Crippen LogP contribution in [-0.2, 0) is 19.5 Å². The fourth-order valence-corrected chi connectivity index (χ4v) is 6.16. The SMILES string of the molecule is COC(=O)c1ccc([C@H]2C[C@@H]3c4ccccc4N(S(=O)(=O)c4ccc(C)cc4)[C@@H]3O2)cc1. The lowest BCUT2D eigenvalue weighted by Gasteiger charge is -2.27. The number of benzene rings is 3. The van der Waals surface area contributed by atoms with Gasteiger partial charge in [-0.15, -0.1) is 0 Å². The summed E-state index contributed by atoms with van der Waals surface area (Å²) in [6.45, 7) is 1.92. The van der Waals surface area contributed by atoms with Gasteiger partial charge in [0.25, 0.3) is 10.0 Å². The van der Waals surface area contributed by atoms with Gasteiger partial charge in [-0.3, -0.25) is 0 Å². The van der Waals surface area contributed by atoms with Gasteiger partial charge in [0, 0.05) is 5.92 Å². The van der Waals surface area contributed by atoms with Crippen molar-refractivity contribution < 1.29 is 22.7 Å². The number of hydrogen-bond acceptors (Lipinski definition) is 5. The third-order valence-corrected chi connectivity index (χ3v) is 7.99. The summed E-state index contributed by atoms with van der Waals surface area (Å²) in [4.78, 5) is 12.0. The molecule has 164 valence electrons. The van der Waals surface area contributed by atoms with Crippen LogP contribution in [0.2, 0.25) is 0 Å². The normalized spacial score (nSPS) is 21.8. The van der Waals surface area contributed by atoms with E-state index in [1.54, 1.807) is 36.4 Å². The van der Waals surface area contributed by atoms with E-state index in [9.17, 15) is 13.2 Å². The summed E-state index contributed by atoms with van der Waals surface area (Å²) in [7, 11) is -2.46. The molecule has 0 amide bonds. The average Bonchev–Trinajstić information content (AvgIpc) is 3.36. The van der Waals surface area contributed by atoms with Crippen molar-refractivity contribution in [2.45, 2.75) is 36.5 Å². The van der Waals surface area contributed by atoms with Crippen LogP contribution in [-0.4, -0.2) is 27.7 Å². The second kappa shape index (κ2) is 7.76. The molecule has 3 aromatic rings. The molecule has 2 heterocycles. The van der Waals surface area contributed by atoms with Gasteiger partial charge in [0.1, 0.15) is 0 Å². The number of nitrogens with zero attached hydrogens (tertiary/aromatic N) is 1. The predicted octanol–water partition coefficient (Wildman–Crippen LogP) is 4.56. The molecule has 2 aliphatic rings. The Morgan fingerprint density at radius 1 is 1.00 bits per heavy atom. The van der Waals surface area contributed by atoms with Gasteiger partial charge >= 0.3 is 5.97 Å². The molecule has 0 N–H and O–H groups in total. The molecular formula is C25H23NO5S. The zero-order valence-electron chi connectivity index (χ0n) is 17.8. The highest BCUT2D eigenvalue weighted by molar-refractivity contribution is 7.92. The van der Waals surface area contributed by atoms with Gasteiger partial charge in [0.05, 0.1) is 29.4 Å². The summed E-state index contributed by atoms with van der Waals surface area (Å²) in [6, 6.07) is 21.5. The van der Waals surface area contributed by atoms with Crippen LogP contribution in [0.3, 0.4) is 0 Å². The van der Waals surface area contributed by atoms with E-state index in [0.717, 1.165) is 16.7 Å². The van der Waals surface area contributed by atoms with Gasteiger partial charge in [0.15, 0.2) is 6.23 Å². The van der Waals surface area contributed by atoms with E-state index in [2.05, 4.69) is 0 Å². The molecule has 1 saturated heterocycles. The summed E-state index contributed by atoms with van der Waals surface area (Å²) < 4.78 is 39.8. The minimum Gasteiger partial charge on any atom is -0.465 e. The molecule has 6 nitrogen and oxygen atoms in total. The van der Waals surface area contributed by atoms with E-state index in [1.165, 1.54) is 11.4 Å². The molecule has 0 radical (unpaired) electrons. The number of para-hydroxylation sites is 1. The summed E-state index contributed by atoms with van der Waals surface area (Å²) in [5.74, 6) is -0.471. The van der Waals surface area contributed by atoms with Crippen LogP contribution < -0.4 is 4.31 Å². The van der Waals surface area contributed by atoms with Crippen LogP contribution in [0.4, 0.5) is 5.69 Å². The van der Waals surface area contributed by atoms with Gasteiger partial charge in [-0.1, -0.05) is 48.0 Å². The second-order valence-corrected chi connectivity index (χ2v) is 9.96. The van der Waals surface area contributed by atoms with Crippen LogP contribution in [0.1, 0.15) is 45.5 Å². The van der Waals surface area contributed by atoms with Gasteiger partial charge in [-0.25, -0.2) is 17.5 Å². The lowest BCUT2D eigenvalue weighted by molar-refractivity contribution is 0.0508. The highest BCUT2D eigenvalue weighted by Crippen LogP contribution is 2.53. The van der Waals surface area contributed by atoms with Crippen LogP contribution in [0.25, 0.3) is 0 Å². The molecule has 0 saturated carbocycles. The Labute approximate surface area is 187 Å². The van der Waals surface area contributed by atoms with Gasteiger partial charge in [-0.2, -0.15) is 0 Å². The fourth-order valence-electron chi connectivity index (χ4n) is 4.56. The predicted molar refractivity (Wildman–Crippen MR) is 120 cm³/mol. The van der Waals surface area contributed by atoms with E-state index in [1.807, 2.05) is 43.3 Å². The molecule has 32 heavy (non-hydrogen) atoms. The van der Waals surface area contributed by atoms with Crippen LogP contribution in [0, 0.1) is 6.92 Å². The zero-order chi connectivity index (χ0) is 22.5. The lowest BCUT2D eigenvalue weighted by atomic mass is 9.94. The number of methoxy groups -OCH3 is 1. The summed E-state index contributed by atoms with van der Waals surface area (Å²) >= 11 is 0. The Balaban J connectivity index is 1.50. The largest absolute Gasteiger partial charge is 0.465 e. The van der Waals surface area contributed by atoms with Crippen molar-refractivity contribution in [3.05, 3.63) is 95.1 Å². The Bertz CT molecular complexity index is 1270. The van der Waals surface area contributed by atoms with Crippen molar-refractivity contribution in [2.75, 3.05) is 11.4 Å². The molecule has 0 aromatic heterocycles. The van der Waals surface area contributed by atoms with Crippen molar-refractivity contribution in [3.8, 4) is 0 Å². The molecule has 5 rings (SSSR count). The maximum atomic E-state index is 13.6. The number of aryl methyl sites for hydroxylation is 1. The number of hydrogen-bond donors (Lipinski definition) is 0. The minimum atomic E-state index is -3.80. The topological polar surface area (TPSA) is 72.9 Å². The number of carbonyl (C=O) groups is 1. The molecule has 7 heteroatoms. The zero-order valence-corrected chi connectivity index (χ0v) is 18.6. The quantitative estimate of drug-likeness (QED) is 0.546. The first kappa shape index (κ1) is 20.7. The number of fused-ring (bicyclic) bond motifs is 3. The standard InChI is InChI=1S/C25H23NO5S/c1-16-7-13-19(14-8-16)32(28,29)26-22-6-4-3-5-20(22)21-15-23(31-24(21)26)17-9-11-18(12-10-17)25(27)30-2/h3-14,21,23-24H,15H2,1-2H3/t21-,23-,24-/m1/s1. The van der Waals surface area contributed by atoms with E-state index in [0.29, 0.717) is 17.7 Å². The molecular weight excluding hydrogens is 426 g/mol. The first-order valence-electron chi connectivity index (χ1n) is 10.4. The van der Waals surface area contributed by atoms with Gasteiger partial charge in [0.2, 0.25) is 0 Å². The molecule has 0 unspecified atom stereocenters. The van der Waals surface area contributed by atoms with Crippen molar-refractivity contribution in [2.24, 2.45) is 0 Å². The fraction of sp³-hybridized carbons (Fsp3) is 0.240. The monoisotopic (exact) mass is 449 g/mol. The number of ether oxygens (including phenoxy) is 2. The Kier molecular flexibility index (Phi) is 5.03. The Hall–Kier alpha value is -3.16. The summed E-state index contributed by atoms with van der Waals surface area (Å²) in [6.07, 6.45) is -0.246. The average molecular weight is 450 g/mol. The number of rotatable bonds is 4. The molecule has 0 aliphatic carbocycles. The second-order valence-electron chi connectivity index (χ2n) is 8.14. The Morgan fingerprint density at radius 2 is 1.69 bits per heavy atom. The first-order chi connectivity index (χ1) is 15.4. The van der Waals surface area contributed by atoms with Crippen molar-refractivity contribution in [1.29, 1.82) is 0 Å². The maximum absolute atomic E-state index is 13.6. The highest BCUT2D eigenvalue weighted by atomic mass is 32.2. The third kappa shape index (κ3) is 3.29. The molecule has 2 aliphatic heterocycles. The number of anilines is 1. The number of carbonyl (C=O) groups excluding carboxylic acids is 1. The summed E-state index contributed by atoms with van der Waals surface area (Å²) in [5.41, 5.74) is 4.00. The Morgan fingerprint density at radius 3 is 2.38 bits per heavy atom. The smallest absolute Gasteiger partial charge is 0.337 e. The van der Waals surface area contributed by atoms with Crippen molar-refractivity contribution in [1.82, 2.24) is 0 Å². The van der Waals surface area contributed by atoms with Crippen molar-refractivity contribution in [3.63, 3.8) is 0 Å². The van der Waals surface area contributed by atoms with Gasteiger partial charge < -0.3 is 9.47 Å². The van der Waals surface area contributed by atoms with Crippen LogP contribution in [0.15, 0.2) is 77.7 Å². The van der Waals surface area contributed by atoms with Crippen LogP contribution >= 0.6 is 0 Å². The molecule has 0 bridgehead atoms. The summed E-state index contributed by atoms with van der Waals surface area (Å²) in [5, 5.41) is 0. The lowest BCUT2D eigenvalue weighted by Crippen LogP contribution is -2.38. The van der Waals surface area contributed by atoms with Crippen LogP contribution in [0.5, 0.6) is 0 Å². The third-order valence-electron chi connectivity index (χ3n) is 6.20. The number of sulfonamides is 1. The van der Waals surface area contributed by atoms with E-state index >= 15 is 0 Å². The van der Waals surface area contributed by atoms with E-state index in [-0.39, 0.29) is 16.9 Å². The molecule has 0 spiro atoms. The van der Waals surface area contributed by atoms with Gasteiger partial charge in [-0.05, 0) is 54.8 Å². The molecule has 3 atom stereocenters.